The quantitative estimate of drug-likeness (QED) is 0.534. The van der Waals surface area contributed by atoms with Gasteiger partial charge in [0.15, 0.2) is 0 Å². The second kappa shape index (κ2) is 12.3. The average molecular weight is 244 g/mol. The summed E-state index contributed by atoms with van der Waals surface area (Å²) >= 11 is 0. The molecule has 3 heteroatoms. The van der Waals surface area contributed by atoms with Gasteiger partial charge in [-0.2, -0.15) is 0 Å². The van der Waals surface area contributed by atoms with Crippen molar-refractivity contribution in [3.05, 3.63) is 0 Å². The maximum Gasteiger partial charge on any atom is 0.0593 e. The molecule has 1 atom stereocenters. The van der Waals surface area contributed by atoms with Crippen molar-refractivity contribution < 1.29 is 4.74 Å². The number of unbranched alkanes of at least 4 members (excludes halogenated alkanes) is 3. The molecule has 0 aromatic rings. The van der Waals surface area contributed by atoms with Gasteiger partial charge in [0.1, 0.15) is 0 Å². The van der Waals surface area contributed by atoms with Gasteiger partial charge in [-0.25, -0.2) is 0 Å². The lowest BCUT2D eigenvalue weighted by Gasteiger charge is -2.14. The van der Waals surface area contributed by atoms with E-state index in [1.165, 1.54) is 32.1 Å². The largest absolute Gasteiger partial charge is 0.379 e. The van der Waals surface area contributed by atoms with Crippen LogP contribution in [0.25, 0.3) is 0 Å². The van der Waals surface area contributed by atoms with E-state index in [4.69, 9.17) is 4.74 Å². The van der Waals surface area contributed by atoms with Gasteiger partial charge in [0, 0.05) is 19.1 Å². The van der Waals surface area contributed by atoms with E-state index in [9.17, 15) is 0 Å². The van der Waals surface area contributed by atoms with E-state index in [1.807, 2.05) is 0 Å². The summed E-state index contributed by atoms with van der Waals surface area (Å²) in [6, 6.07) is 0.629. The van der Waals surface area contributed by atoms with Gasteiger partial charge in [0.25, 0.3) is 0 Å². The zero-order valence-corrected chi connectivity index (χ0v) is 12.3. The normalized spacial score (nSPS) is 13.2. The van der Waals surface area contributed by atoms with Crippen molar-refractivity contribution >= 4 is 0 Å². The van der Waals surface area contributed by atoms with Gasteiger partial charge in [0.05, 0.1) is 13.2 Å². The Bertz CT molecular complexity index is 151. The van der Waals surface area contributed by atoms with Crippen LogP contribution in [0.5, 0.6) is 0 Å². The average Bonchev–Trinajstić information content (AvgIpc) is 2.29. The highest BCUT2D eigenvalue weighted by Crippen LogP contribution is 2.04. The standard InChI is InChI=1S/C14H32N2O/c1-5-6-7-8-9-14(2)15-10-12-17-13-11-16(3)4/h14-15H,5-13H2,1-4H3. The monoisotopic (exact) mass is 244 g/mol. The molecule has 0 saturated heterocycles. The molecule has 0 bridgehead atoms. The fourth-order valence-electron chi connectivity index (χ4n) is 1.71. The molecule has 0 aromatic heterocycles. The van der Waals surface area contributed by atoms with Crippen LogP contribution in [0.1, 0.15) is 46.0 Å². The van der Waals surface area contributed by atoms with Gasteiger partial charge in [-0.1, -0.05) is 32.6 Å². The smallest absolute Gasteiger partial charge is 0.0593 e. The fourth-order valence-corrected chi connectivity index (χ4v) is 1.71. The highest BCUT2D eigenvalue weighted by molar-refractivity contribution is 4.60. The van der Waals surface area contributed by atoms with Crippen LogP contribution in [-0.4, -0.2) is 51.3 Å². The van der Waals surface area contributed by atoms with Gasteiger partial charge in [-0.15, -0.1) is 0 Å². The van der Waals surface area contributed by atoms with Crippen molar-refractivity contribution in [2.45, 2.75) is 52.0 Å². The minimum Gasteiger partial charge on any atom is -0.379 e. The lowest BCUT2D eigenvalue weighted by Crippen LogP contribution is -2.30. The molecule has 0 aliphatic rings. The van der Waals surface area contributed by atoms with Crippen LogP contribution >= 0.6 is 0 Å². The van der Waals surface area contributed by atoms with Crippen molar-refractivity contribution in [2.75, 3.05) is 40.4 Å². The zero-order valence-electron chi connectivity index (χ0n) is 12.3. The van der Waals surface area contributed by atoms with Crippen molar-refractivity contribution in [1.82, 2.24) is 10.2 Å². The number of nitrogens with one attached hydrogen (secondary N) is 1. The molecule has 0 amide bonds. The van der Waals surface area contributed by atoms with E-state index in [0.717, 1.165) is 26.3 Å². The van der Waals surface area contributed by atoms with Crippen LogP contribution in [0.4, 0.5) is 0 Å². The Labute approximate surface area is 108 Å². The summed E-state index contributed by atoms with van der Waals surface area (Å²) in [5.41, 5.74) is 0. The molecule has 17 heavy (non-hydrogen) atoms. The second-order valence-corrected chi connectivity index (χ2v) is 5.12. The van der Waals surface area contributed by atoms with Crippen molar-refractivity contribution in [1.29, 1.82) is 0 Å². The summed E-state index contributed by atoms with van der Waals surface area (Å²) in [5, 5.41) is 3.51. The Morgan fingerprint density at radius 3 is 2.53 bits per heavy atom. The Kier molecular flexibility index (Phi) is 12.3. The third kappa shape index (κ3) is 13.8. The summed E-state index contributed by atoms with van der Waals surface area (Å²) < 4.78 is 5.53. The SMILES string of the molecule is CCCCCCC(C)NCCOCCN(C)C. The first kappa shape index (κ1) is 16.9. The summed E-state index contributed by atoms with van der Waals surface area (Å²) in [5.74, 6) is 0. The molecule has 0 heterocycles. The third-order valence-corrected chi connectivity index (χ3v) is 2.91. The van der Waals surface area contributed by atoms with Crippen LogP contribution < -0.4 is 5.32 Å². The van der Waals surface area contributed by atoms with Gasteiger partial charge in [-0.05, 0) is 27.4 Å². The van der Waals surface area contributed by atoms with E-state index in [0.29, 0.717) is 6.04 Å². The molecule has 0 fully saturated rings. The molecule has 1 unspecified atom stereocenters. The highest BCUT2D eigenvalue weighted by Gasteiger charge is 2.00. The predicted molar refractivity (Wildman–Crippen MR) is 75.6 cm³/mol. The van der Waals surface area contributed by atoms with Crippen molar-refractivity contribution in [3.8, 4) is 0 Å². The van der Waals surface area contributed by atoms with Gasteiger partial charge < -0.3 is 15.0 Å². The minimum absolute atomic E-state index is 0.629. The van der Waals surface area contributed by atoms with Gasteiger partial charge >= 0.3 is 0 Å². The maximum absolute atomic E-state index is 5.53. The first-order chi connectivity index (χ1) is 8.16. The Balaban J connectivity index is 3.13. The molecule has 0 radical (unpaired) electrons. The molecule has 1 N–H and O–H groups in total. The number of hydrogen-bond donors (Lipinski definition) is 1. The number of nitrogens with zero attached hydrogens (tertiary/aromatic N) is 1. The molecule has 104 valence electrons. The molecule has 3 nitrogen and oxygen atoms in total. The molecule has 0 saturated carbocycles. The van der Waals surface area contributed by atoms with Crippen LogP contribution in [0, 0.1) is 0 Å². The van der Waals surface area contributed by atoms with E-state index in [2.05, 4.69) is 38.2 Å². The topological polar surface area (TPSA) is 24.5 Å². The summed E-state index contributed by atoms with van der Waals surface area (Å²) in [6.07, 6.45) is 6.71. The van der Waals surface area contributed by atoms with Crippen LogP contribution in [0.3, 0.4) is 0 Å². The summed E-state index contributed by atoms with van der Waals surface area (Å²) in [6.45, 7) is 8.17. The number of rotatable bonds is 12. The minimum atomic E-state index is 0.629. The molecular weight excluding hydrogens is 212 g/mol. The molecular formula is C14H32N2O. The number of likely N-dealkylation sites (N-methyl/N-ethyl adjacent to an activating group) is 1. The summed E-state index contributed by atoms with van der Waals surface area (Å²) in [7, 11) is 4.14. The van der Waals surface area contributed by atoms with Crippen molar-refractivity contribution in [3.63, 3.8) is 0 Å². The summed E-state index contributed by atoms with van der Waals surface area (Å²) in [4.78, 5) is 2.14. The Morgan fingerprint density at radius 2 is 1.88 bits per heavy atom. The van der Waals surface area contributed by atoms with Crippen LogP contribution in [-0.2, 0) is 4.74 Å². The first-order valence-electron chi connectivity index (χ1n) is 7.12. The molecule has 0 rings (SSSR count). The van der Waals surface area contributed by atoms with E-state index in [1.54, 1.807) is 0 Å². The van der Waals surface area contributed by atoms with Crippen LogP contribution in [0.2, 0.25) is 0 Å². The first-order valence-corrected chi connectivity index (χ1v) is 7.12. The van der Waals surface area contributed by atoms with Gasteiger partial charge in [-0.3, -0.25) is 0 Å². The maximum atomic E-state index is 5.53. The lowest BCUT2D eigenvalue weighted by molar-refractivity contribution is 0.117. The predicted octanol–water partition coefficient (Wildman–Crippen LogP) is 2.51. The van der Waals surface area contributed by atoms with Crippen molar-refractivity contribution in [2.24, 2.45) is 0 Å². The van der Waals surface area contributed by atoms with E-state index >= 15 is 0 Å². The Hall–Kier alpha value is -0.120. The number of ether oxygens (including phenoxy) is 1. The third-order valence-electron chi connectivity index (χ3n) is 2.91. The molecule has 0 spiro atoms. The molecule has 0 aromatic carbocycles. The highest BCUT2D eigenvalue weighted by atomic mass is 16.5. The molecule has 0 aliphatic heterocycles. The Morgan fingerprint density at radius 1 is 1.12 bits per heavy atom. The lowest BCUT2D eigenvalue weighted by atomic mass is 10.1. The zero-order chi connectivity index (χ0) is 12.9. The molecule has 0 aliphatic carbocycles. The van der Waals surface area contributed by atoms with Crippen LogP contribution in [0.15, 0.2) is 0 Å². The van der Waals surface area contributed by atoms with Gasteiger partial charge in [0.2, 0.25) is 0 Å². The fraction of sp³-hybridized carbons (Fsp3) is 1.00. The van der Waals surface area contributed by atoms with E-state index in [-0.39, 0.29) is 0 Å². The second-order valence-electron chi connectivity index (χ2n) is 5.12. The number of hydrogen-bond acceptors (Lipinski definition) is 3. The van der Waals surface area contributed by atoms with E-state index < -0.39 is 0 Å².